The Hall–Kier alpha value is -1.48. The molecular formula is C15H13Ir. The van der Waals surface area contributed by atoms with E-state index in [2.05, 4.69) is 68.8 Å². The first-order valence-corrected chi connectivity index (χ1v) is 4.36. The van der Waals surface area contributed by atoms with Gasteiger partial charge >= 0.3 is 20.1 Å². The Morgan fingerprint density at radius 1 is 1.00 bits per heavy atom. The van der Waals surface area contributed by atoms with Crippen LogP contribution in [0.5, 0.6) is 0 Å². The van der Waals surface area contributed by atoms with Crippen LogP contribution in [0, 0.1) is 13.2 Å². The van der Waals surface area contributed by atoms with Crippen molar-refractivity contribution >= 4 is 10.8 Å². The Morgan fingerprint density at radius 3 is 2.00 bits per heavy atom. The van der Waals surface area contributed by atoms with Gasteiger partial charge in [0.15, 0.2) is 0 Å². The molecule has 0 atom stereocenters. The van der Waals surface area contributed by atoms with Gasteiger partial charge in [-0.3, -0.25) is 0 Å². The van der Waals surface area contributed by atoms with Crippen LogP contribution >= 0.6 is 0 Å². The van der Waals surface area contributed by atoms with E-state index in [0.717, 1.165) is 0 Å². The fourth-order valence-electron chi connectivity index (χ4n) is 1.07. The minimum Gasteiger partial charge on any atom is -0.342 e. The quantitative estimate of drug-likeness (QED) is 0.474. The van der Waals surface area contributed by atoms with Crippen molar-refractivity contribution in [3.8, 4) is 0 Å². The molecule has 1 heteroatoms. The summed E-state index contributed by atoms with van der Waals surface area (Å²) >= 11 is 0. The average molecular weight is 385 g/mol. The second-order valence-electron chi connectivity index (χ2n) is 2.56. The van der Waals surface area contributed by atoms with Gasteiger partial charge < -0.3 is 11.5 Å². The van der Waals surface area contributed by atoms with Gasteiger partial charge in [0.25, 0.3) is 0 Å². The molecule has 0 nitrogen and oxygen atoms in total. The number of hydrogen-bond donors (Lipinski definition) is 0. The summed E-state index contributed by atoms with van der Waals surface area (Å²) in [6.07, 6.45) is 0. The van der Waals surface area contributed by atoms with Crippen LogP contribution in [-0.4, -0.2) is 0 Å². The van der Waals surface area contributed by atoms with Crippen LogP contribution in [-0.2, 0) is 20.1 Å². The molecule has 0 aliphatic heterocycles. The maximum atomic E-state index is 4.49. The van der Waals surface area contributed by atoms with Crippen LogP contribution < -0.4 is 0 Å². The molecule has 2 aromatic rings. The first-order valence-electron chi connectivity index (χ1n) is 4.36. The predicted molar refractivity (Wildman–Crippen MR) is 66.4 cm³/mol. The molecular weight excluding hydrogens is 372 g/mol. The van der Waals surface area contributed by atoms with Crippen LogP contribution in [0.25, 0.3) is 10.8 Å². The molecule has 0 fully saturated rings. The summed E-state index contributed by atoms with van der Waals surface area (Å²) in [4.78, 5) is 0. The van der Waals surface area contributed by atoms with E-state index in [1.165, 1.54) is 10.8 Å². The van der Waals surface area contributed by atoms with Gasteiger partial charge in [-0.05, 0) is 0 Å². The normalized spacial score (nSPS) is 6.75. The Kier molecular flexibility index (Phi) is 12.3. The zero-order chi connectivity index (χ0) is 11.5. The van der Waals surface area contributed by atoms with E-state index in [-0.39, 0.29) is 20.1 Å². The molecule has 0 aliphatic carbocycles. The van der Waals surface area contributed by atoms with Gasteiger partial charge in [-0.2, -0.15) is 17.5 Å². The Morgan fingerprint density at radius 2 is 1.50 bits per heavy atom. The zero-order valence-corrected chi connectivity index (χ0v) is 11.3. The maximum absolute atomic E-state index is 4.49. The van der Waals surface area contributed by atoms with Crippen molar-refractivity contribution in [2.75, 3.05) is 0 Å². The smallest absolute Gasteiger partial charge is 0.342 e. The van der Waals surface area contributed by atoms with Gasteiger partial charge in [0, 0.05) is 0 Å². The summed E-state index contributed by atoms with van der Waals surface area (Å²) in [5.41, 5.74) is 4.00. The number of rotatable bonds is 0. The third-order valence-electron chi connectivity index (χ3n) is 1.55. The summed E-state index contributed by atoms with van der Waals surface area (Å²) in [7, 11) is 0. The molecule has 82 valence electrons. The van der Waals surface area contributed by atoms with Crippen molar-refractivity contribution in [2.24, 2.45) is 0 Å². The maximum Gasteiger partial charge on any atom is 3.00 e. The summed E-state index contributed by atoms with van der Waals surface area (Å²) in [5, 5.41) is 2.66. The van der Waals surface area contributed by atoms with Gasteiger partial charge in [-0.15, -0.1) is 29.7 Å². The van der Waals surface area contributed by atoms with Gasteiger partial charge in [-0.25, -0.2) is 26.3 Å². The molecule has 0 unspecified atom stereocenters. The molecule has 0 amide bonds. The zero-order valence-electron chi connectivity index (χ0n) is 8.94. The molecule has 16 heavy (non-hydrogen) atoms. The van der Waals surface area contributed by atoms with Gasteiger partial charge in [0.1, 0.15) is 0 Å². The van der Waals surface area contributed by atoms with E-state index in [1.807, 2.05) is 11.5 Å². The van der Waals surface area contributed by atoms with Crippen LogP contribution in [0.1, 0.15) is 0 Å². The molecule has 0 saturated carbocycles. The second kappa shape index (κ2) is 11.6. The molecule has 0 radical (unpaired) electrons. The molecule has 2 rings (SSSR count). The minimum atomic E-state index is 0. The number of hydrogen-bond acceptors (Lipinski definition) is 0. The molecule has 0 aliphatic rings. The van der Waals surface area contributed by atoms with E-state index >= 15 is 0 Å². The fourth-order valence-corrected chi connectivity index (χ4v) is 1.07. The molecule has 0 bridgehead atoms. The van der Waals surface area contributed by atoms with Gasteiger partial charge in [0.2, 0.25) is 0 Å². The fraction of sp³-hybridized carbons (Fsp3) is 0. The monoisotopic (exact) mass is 386 g/mol. The van der Waals surface area contributed by atoms with Crippen molar-refractivity contribution in [1.29, 1.82) is 0 Å². The molecule has 0 aromatic heterocycles. The predicted octanol–water partition coefficient (Wildman–Crippen LogP) is 4.08. The topological polar surface area (TPSA) is 0 Å². The summed E-state index contributed by atoms with van der Waals surface area (Å²) < 4.78 is 0. The first-order chi connectivity index (χ1) is 7.29. The number of benzene rings is 1. The SMILES string of the molecule is [CH-]=C=C.[CH-]=C=C.[Ir+3].c1ccc2[cH-]ccc2c1. The Bertz CT molecular complexity index is 409. The molecule has 0 spiro atoms. The molecule has 0 N–H and O–H groups in total. The summed E-state index contributed by atoms with van der Waals surface area (Å²) in [6.45, 7) is 15.0. The van der Waals surface area contributed by atoms with Gasteiger partial charge in [-0.1, -0.05) is 6.07 Å². The van der Waals surface area contributed by atoms with E-state index in [0.29, 0.717) is 0 Å². The third-order valence-corrected chi connectivity index (χ3v) is 1.55. The molecule has 2 aromatic carbocycles. The van der Waals surface area contributed by atoms with Crippen LogP contribution in [0.15, 0.2) is 67.1 Å². The van der Waals surface area contributed by atoms with E-state index < -0.39 is 0 Å². The largest absolute Gasteiger partial charge is 3.00 e. The minimum absolute atomic E-state index is 0. The van der Waals surface area contributed by atoms with Crippen molar-refractivity contribution in [2.45, 2.75) is 0 Å². The Balaban J connectivity index is 0. The molecule has 0 heterocycles. The summed E-state index contributed by atoms with van der Waals surface area (Å²) in [6, 6.07) is 14.7. The third kappa shape index (κ3) is 6.90. The standard InChI is InChI=1S/C9H7.2C3H3.Ir/c1-2-5-9-7-3-6-8(9)4-1;2*1-3-2;/h1-7H;2*1H,2H2;/q3*-1;+3. The second-order valence-corrected chi connectivity index (χ2v) is 2.56. The van der Waals surface area contributed by atoms with Crippen LogP contribution in [0.3, 0.4) is 0 Å². The van der Waals surface area contributed by atoms with E-state index in [1.54, 1.807) is 0 Å². The van der Waals surface area contributed by atoms with Crippen LogP contribution in [0.4, 0.5) is 0 Å². The van der Waals surface area contributed by atoms with Crippen molar-refractivity contribution in [3.05, 3.63) is 80.2 Å². The van der Waals surface area contributed by atoms with E-state index in [4.69, 9.17) is 0 Å². The first kappa shape index (κ1) is 16.9. The van der Waals surface area contributed by atoms with E-state index in [9.17, 15) is 0 Å². The molecule has 0 saturated heterocycles. The van der Waals surface area contributed by atoms with Crippen molar-refractivity contribution in [3.63, 3.8) is 0 Å². The number of fused-ring (bicyclic) bond motifs is 1. The van der Waals surface area contributed by atoms with Crippen molar-refractivity contribution < 1.29 is 20.1 Å². The Labute approximate surface area is 111 Å². The average Bonchev–Trinajstić information content (AvgIpc) is 2.67. The summed E-state index contributed by atoms with van der Waals surface area (Å²) in [5.74, 6) is 0. The van der Waals surface area contributed by atoms with Crippen molar-refractivity contribution in [1.82, 2.24) is 0 Å². The van der Waals surface area contributed by atoms with Crippen LogP contribution in [0.2, 0.25) is 0 Å². The van der Waals surface area contributed by atoms with Gasteiger partial charge in [0.05, 0.1) is 0 Å².